The molecule has 17 heavy (non-hydrogen) atoms. The van der Waals surface area contributed by atoms with E-state index < -0.39 is 0 Å². The van der Waals surface area contributed by atoms with Crippen molar-refractivity contribution in [3.63, 3.8) is 0 Å². The van der Waals surface area contributed by atoms with E-state index in [1.807, 2.05) is 0 Å². The Morgan fingerprint density at radius 1 is 1.18 bits per heavy atom. The first-order chi connectivity index (χ1) is 8.02. The van der Waals surface area contributed by atoms with Crippen molar-refractivity contribution in [3.05, 3.63) is 35.9 Å². The lowest BCUT2D eigenvalue weighted by Crippen LogP contribution is -2.30. The van der Waals surface area contributed by atoms with E-state index in [0.717, 1.165) is 5.92 Å². The molecule has 0 radical (unpaired) electrons. The summed E-state index contributed by atoms with van der Waals surface area (Å²) >= 11 is 0. The average molecular weight is 230 g/mol. The first-order valence-electron chi connectivity index (χ1n) is 6.76. The molecule has 1 heterocycles. The van der Waals surface area contributed by atoms with Crippen molar-refractivity contribution >= 4 is 0 Å². The Kier molecular flexibility index (Phi) is 2.38. The highest BCUT2D eigenvalue weighted by Gasteiger charge is 2.60. The standard InChI is InChI=1S/C16H22O/c1-15(2,3)13-9-10-16(14(11-13)17-16)12-7-5-4-6-8-12/h4-8,13-14H,9-11H2,1-3H3. The van der Waals surface area contributed by atoms with Crippen LogP contribution in [0.1, 0.15) is 45.6 Å². The summed E-state index contributed by atoms with van der Waals surface area (Å²) in [5.74, 6) is 0.812. The first kappa shape index (κ1) is 11.3. The third kappa shape index (κ3) is 1.81. The van der Waals surface area contributed by atoms with Crippen LogP contribution in [0.5, 0.6) is 0 Å². The lowest BCUT2D eigenvalue weighted by atomic mass is 9.69. The van der Waals surface area contributed by atoms with Crippen molar-refractivity contribution in [1.82, 2.24) is 0 Å². The van der Waals surface area contributed by atoms with Gasteiger partial charge in [0.05, 0.1) is 6.10 Å². The zero-order valence-electron chi connectivity index (χ0n) is 11.1. The highest BCUT2D eigenvalue weighted by molar-refractivity contribution is 5.30. The van der Waals surface area contributed by atoms with Crippen LogP contribution in [-0.4, -0.2) is 6.10 Å². The normalized spacial score (nSPS) is 36.4. The van der Waals surface area contributed by atoms with Crippen molar-refractivity contribution in [2.24, 2.45) is 11.3 Å². The second-order valence-electron chi connectivity index (χ2n) is 6.70. The molecule has 1 aromatic rings. The monoisotopic (exact) mass is 230 g/mol. The van der Waals surface area contributed by atoms with Crippen molar-refractivity contribution in [2.45, 2.75) is 51.7 Å². The second-order valence-corrected chi connectivity index (χ2v) is 6.70. The van der Waals surface area contributed by atoms with Gasteiger partial charge in [-0.15, -0.1) is 0 Å². The maximum absolute atomic E-state index is 6.08. The third-order valence-electron chi connectivity index (χ3n) is 4.67. The number of rotatable bonds is 1. The van der Waals surface area contributed by atoms with Crippen LogP contribution < -0.4 is 0 Å². The summed E-state index contributed by atoms with van der Waals surface area (Å²) in [6, 6.07) is 10.8. The molecular formula is C16H22O. The van der Waals surface area contributed by atoms with E-state index in [9.17, 15) is 0 Å². The first-order valence-corrected chi connectivity index (χ1v) is 6.76. The van der Waals surface area contributed by atoms with Crippen LogP contribution in [0, 0.1) is 11.3 Å². The van der Waals surface area contributed by atoms with Gasteiger partial charge in [-0.25, -0.2) is 0 Å². The quantitative estimate of drug-likeness (QED) is 0.661. The summed E-state index contributed by atoms with van der Waals surface area (Å²) < 4.78 is 6.08. The zero-order chi connectivity index (χ0) is 12.1. The minimum absolute atomic E-state index is 0.0863. The molecule has 1 saturated heterocycles. The van der Waals surface area contributed by atoms with Gasteiger partial charge >= 0.3 is 0 Å². The zero-order valence-corrected chi connectivity index (χ0v) is 11.1. The van der Waals surface area contributed by atoms with E-state index in [-0.39, 0.29) is 5.60 Å². The maximum atomic E-state index is 6.08. The Balaban J connectivity index is 1.77. The third-order valence-corrected chi connectivity index (χ3v) is 4.67. The highest BCUT2D eigenvalue weighted by atomic mass is 16.6. The summed E-state index contributed by atoms with van der Waals surface area (Å²) in [5.41, 5.74) is 1.90. The molecule has 1 saturated carbocycles. The summed E-state index contributed by atoms with van der Waals surface area (Å²) in [6.45, 7) is 7.07. The van der Waals surface area contributed by atoms with Gasteiger partial charge in [0, 0.05) is 0 Å². The molecule has 0 bridgehead atoms. The second kappa shape index (κ2) is 3.58. The molecule has 2 fully saturated rings. The molecule has 3 unspecified atom stereocenters. The van der Waals surface area contributed by atoms with Gasteiger partial charge in [0.2, 0.25) is 0 Å². The molecule has 0 N–H and O–H groups in total. The maximum Gasteiger partial charge on any atom is 0.120 e. The van der Waals surface area contributed by atoms with Gasteiger partial charge in [0.1, 0.15) is 5.60 Å². The SMILES string of the molecule is CC(C)(C)C1CCC2(c3ccccc3)OC2C1. The van der Waals surface area contributed by atoms with Crippen LogP contribution >= 0.6 is 0 Å². The van der Waals surface area contributed by atoms with Gasteiger partial charge in [-0.2, -0.15) is 0 Å². The molecular weight excluding hydrogens is 208 g/mol. The predicted molar refractivity (Wildman–Crippen MR) is 69.8 cm³/mol. The molecule has 1 aliphatic carbocycles. The van der Waals surface area contributed by atoms with Crippen LogP contribution in [0.15, 0.2) is 30.3 Å². The molecule has 1 aliphatic heterocycles. The Morgan fingerprint density at radius 2 is 1.88 bits per heavy atom. The van der Waals surface area contributed by atoms with Crippen molar-refractivity contribution in [1.29, 1.82) is 0 Å². The Labute approximate surface area is 104 Å². The minimum Gasteiger partial charge on any atom is -0.361 e. The molecule has 0 amide bonds. The number of benzene rings is 1. The van der Waals surface area contributed by atoms with Crippen LogP contribution in [0.3, 0.4) is 0 Å². The number of hydrogen-bond donors (Lipinski definition) is 0. The van der Waals surface area contributed by atoms with Gasteiger partial charge in [-0.3, -0.25) is 0 Å². The lowest BCUT2D eigenvalue weighted by Gasteiger charge is -2.34. The summed E-state index contributed by atoms with van der Waals surface area (Å²) in [6.07, 6.45) is 4.21. The number of epoxide rings is 1. The molecule has 2 aliphatic rings. The van der Waals surface area contributed by atoms with Gasteiger partial charge in [-0.05, 0) is 36.2 Å². The fraction of sp³-hybridized carbons (Fsp3) is 0.625. The lowest BCUT2D eigenvalue weighted by molar-refractivity contribution is 0.179. The summed E-state index contributed by atoms with van der Waals surface area (Å²) in [7, 11) is 0. The van der Waals surface area contributed by atoms with Crippen LogP contribution in [0.25, 0.3) is 0 Å². The average Bonchev–Trinajstić information content (AvgIpc) is 3.03. The smallest absolute Gasteiger partial charge is 0.120 e. The van der Waals surface area contributed by atoms with E-state index in [4.69, 9.17) is 4.74 Å². The van der Waals surface area contributed by atoms with E-state index in [1.54, 1.807) is 0 Å². The van der Waals surface area contributed by atoms with Crippen LogP contribution in [-0.2, 0) is 10.3 Å². The van der Waals surface area contributed by atoms with Gasteiger partial charge in [0.15, 0.2) is 0 Å². The topological polar surface area (TPSA) is 12.5 Å². The van der Waals surface area contributed by atoms with E-state index in [0.29, 0.717) is 11.5 Å². The van der Waals surface area contributed by atoms with Crippen LogP contribution in [0.2, 0.25) is 0 Å². The van der Waals surface area contributed by atoms with Crippen molar-refractivity contribution in [3.8, 4) is 0 Å². The molecule has 3 rings (SSSR count). The number of ether oxygens (including phenoxy) is 1. The van der Waals surface area contributed by atoms with E-state index >= 15 is 0 Å². The Bertz CT molecular complexity index is 403. The number of hydrogen-bond acceptors (Lipinski definition) is 1. The van der Waals surface area contributed by atoms with Crippen molar-refractivity contribution < 1.29 is 4.74 Å². The van der Waals surface area contributed by atoms with Gasteiger partial charge in [-0.1, -0.05) is 51.1 Å². The predicted octanol–water partition coefficient (Wildman–Crippen LogP) is 4.13. The summed E-state index contributed by atoms with van der Waals surface area (Å²) in [5, 5.41) is 0. The number of fused-ring (bicyclic) bond motifs is 1. The molecule has 3 atom stereocenters. The minimum atomic E-state index is 0.0863. The molecule has 0 spiro atoms. The van der Waals surface area contributed by atoms with Crippen molar-refractivity contribution in [2.75, 3.05) is 0 Å². The fourth-order valence-electron chi connectivity index (χ4n) is 3.35. The van der Waals surface area contributed by atoms with Crippen LogP contribution in [0.4, 0.5) is 0 Å². The molecule has 92 valence electrons. The van der Waals surface area contributed by atoms with E-state index in [2.05, 4.69) is 51.1 Å². The Hall–Kier alpha value is -0.820. The molecule has 1 nitrogen and oxygen atoms in total. The van der Waals surface area contributed by atoms with Gasteiger partial charge < -0.3 is 4.74 Å². The molecule has 1 heteroatoms. The van der Waals surface area contributed by atoms with Gasteiger partial charge in [0.25, 0.3) is 0 Å². The largest absolute Gasteiger partial charge is 0.361 e. The van der Waals surface area contributed by atoms with E-state index in [1.165, 1.54) is 24.8 Å². The molecule has 0 aromatic heterocycles. The Morgan fingerprint density at radius 3 is 2.47 bits per heavy atom. The summed E-state index contributed by atoms with van der Waals surface area (Å²) in [4.78, 5) is 0. The highest BCUT2D eigenvalue weighted by Crippen LogP contribution is 2.58. The molecule has 1 aromatic carbocycles. The fourth-order valence-corrected chi connectivity index (χ4v) is 3.35.